The zero-order chi connectivity index (χ0) is 26.6. The first-order valence-corrected chi connectivity index (χ1v) is 13.8. The van der Waals surface area contributed by atoms with E-state index in [1.165, 1.54) is 33.3 Å². The molecule has 0 spiro atoms. The molecule has 3 aromatic heterocycles. The van der Waals surface area contributed by atoms with E-state index in [-0.39, 0.29) is 5.41 Å². The van der Waals surface area contributed by atoms with Crippen molar-refractivity contribution in [2.75, 3.05) is 0 Å². The zero-order valence-corrected chi connectivity index (χ0v) is 22.3. The minimum Gasteiger partial charge on any atom is -0.312 e. The van der Waals surface area contributed by atoms with Crippen LogP contribution in [0, 0.1) is 0 Å². The Morgan fingerprint density at radius 2 is 1.23 bits per heavy atom. The summed E-state index contributed by atoms with van der Waals surface area (Å²) in [5.74, 6) is 0.926. The van der Waals surface area contributed by atoms with Crippen LogP contribution in [-0.4, -0.2) is 18.5 Å². The van der Waals surface area contributed by atoms with Crippen LogP contribution in [0.2, 0.25) is 0 Å². The molecule has 3 heterocycles. The largest absolute Gasteiger partial charge is 0.312 e. The predicted octanol–water partition coefficient (Wildman–Crippen LogP) is 8.68. The highest BCUT2D eigenvalue weighted by Gasteiger charge is 2.40. The highest BCUT2D eigenvalue weighted by molar-refractivity contribution is 6.03. The number of benzene rings is 5. The van der Waals surface area contributed by atoms with E-state index in [0.717, 1.165) is 39.2 Å². The van der Waals surface area contributed by atoms with E-state index in [2.05, 4.69) is 149 Å². The van der Waals surface area contributed by atoms with Crippen molar-refractivity contribution in [3.05, 3.63) is 133 Å². The van der Waals surface area contributed by atoms with E-state index in [4.69, 9.17) is 4.98 Å². The number of aromatic nitrogens is 4. The summed E-state index contributed by atoms with van der Waals surface area (Å²) in [7, 11) is 0. The first-order chi connectivity index (χ1) is 19.6. The summed E-state index contributed by atoms with van der Waals surface area (Å²) in [6.45, 7) is 4.71. The summed E-state index contributed by atoms with van der Waals surface area (Å²) < 4.78 is 7.06. The molecule has 0 unspecified atom stereocenters. The fraction of sp³-hybridized carbons (Fsp3) is 0.0833. The van der Waals surface area contributed by atoms with Gasteiger partial charge in [0, 0.05) is 27.7 Å². The predicted molar refractivity (Wildman–Crippen MR) is 164 cm³/mol. The summed E-state index contributed by atoms with van der Waals surface area (Å²) in [6.07, 6.45) is 0. The second-order valence-electron chi connectivity index (χ2n) is 11.3. The molecule has 0 saturated carbocycles. The summed E-state index contributed by atoms with van der Waals surface area (Å²) in [4.78, 5) is 5.10. The molecule has 1 aliphatic rings. The van der Waals surface area contributed by atoms with Crippen molar-refractivity contribution in [3.8, 4) is 22.5 Å². The minimum atomic E-state index is -0.130. The number of rotatable bonds is 2. The van der Waals surface area contributed by atoms with Gasteiger partial charge < -0.3 is 4.57 Å². The average Bonchev–Trinajstić information content (AvgIpc) is 3.69. The van der Waals surface area contributed by atoms with Crippen LogP contribution in [0.3, 0.4) is 0 Å². The van der Waals surface area contributed by atoms with Crippen LogP contribution in [0.1, 0.15) is 25.1 Å². The molecular formula is C36H26N4. The van der Waals surface area contributed by atoms with Gasteiger partial charge in [-0.15, -0.1) is 0 Å². The molecule has 0 amide bonds. The molecule has 4 nitrogen and oxygen atoms in total. The Bertz CT molecular complexity index is 2310. The maximum Gasteiger partial charge on any atom is 0.220 e. The van der Waals surface area contributed by atoms with Crippen LogP contribution in [0.5, 0.6) is 0 Å². The van der Waals surface area contributed by atoms with Crippen LogP contribution in [0.25, 0.3) is 61.2 Å². The smallest absolute Gasteiger partial charge is 0.220 e. The number of hydrogen-bond donors (Lipinski definition) is 0. The van der Waals surface area contributed by atoms with E-state index in [0.29, 0.717) is 0 Å². The fourth-order valence-electron chi connectivity index (χ4n) is 7.12. The molecule has 0 atom stereocenters. The topological polar surface area (TPSA) is 27.2 Å². The third kappa shape index (κ3) is 2.63. The van der Waals surface area contributed by atoms with Gasteiger partial charge in [0.05, 0.1) is 33.3 Å². The van der Waals surface area contributed by atoms with Gasteiger partial charge in [0.2, 0.25) is 5.78 Å². The number of nitrogens with zero attached hydrogens (tertiary/aromatic N) is 4. The van der Waals surface area contributed by atoms with Crippen molar-refractivity contribution >= 4 is 38.7 Å². The molecule has 1 aliphatic carbocycles. The molecule has 9 rings (SSSR count). The van der Waals surface area contributed by atoms with Crippen molar-refractivity contribution in [3.63, 3.8) is 0 Å². The normalized spacial score (nSPS) is 13.9. The lowest BCUT2D eigenvalue weighted by Gasteiger charge is -2.25. The Morgan fingerprint density at radius 3 is 2.08 bits per heavy atom. The van der Waals surface area contributed by atoms with E-state index in [9.17, 15) is 0 Å². The monoisotopic (exact) mass is 514 g/mol. The van der Waals surface area contributed by atoms with Crippen LogP contribution < -0.4 is 0 Å². The number of imidazole rings is 2. The standard InChI is InChI=1S/C36H26N4/c1-36(2)27-16-5-3-14-25(27)33-26-15-4-7-18-29(26)38(34(33)36)23-12-11-13-24(22-23)39-31-20-9-10-21-32(31)40-30-19-8-6-17-28(30)37-35(39)40/h3-22H,1-2H3. The Labute approximate surface area is 231 Å². The quantitative estimate of drug-likeness (QED) is 0.227. The Hall–Kier alpha value is -5.09. The first kappa shape index (κ1) is 21.8. The Kier molecular flexibility index (Phi) is 4.10. The molecule has 0 N–H and O–H groups in total. The van der Waals surface area contributed by atoms with Gasteiger partial charge in [-0.1, -0.05) is 86.6 Å². The van der Waals surface area contributed by atoms with E-state index >= 15 is 0 Å². The summed E-state index contributed by atoms with van der Waals surface area (Å²) in [5.41, 5.74) is 13.2. The zero-order valence-electron chi connectivity index (χ0n) is 22.3. The summed E-state index contributed by atoms with van der Waals surface area (Å²) in [6, 6.07) is 43.6. The molecule has 8 aromatic rings. The molecule has 190 valence electrons. The second-order valence-corrected chi connectivity index (χ2v) is 11.3. The molecule has 4 heteroatoms. The molecule has 0 bridgehead atoms. The van der Waals surface area contributed by atoms with Crippen LogP contribution in [-0.2, 0) is 5.41 Å². The van der Waals surface area contributed by atoms with Gasteiger partial charge in [0.15, 0.2) is 0 Å². The van der Waals surface area contributed by atoms with Gasteiger partial charge in [-0.25, -0.2) is 4.98 Å². The van der Waals surface area contributed by atoms with Crippen molar-refractivity contribution in [1.82, 2.24) is 18.5 Å². The van der Waals surface area contributed by atoms with Gasteiger partial charge in [-0.2, -0.15) is 0 Å². The summed E-state index contributed by atoms with van der Waals surface area (Å²) >= 11 is 0. The number of para-hydroxylation sites is 5. The molecule has 40 heavy (non-hydrogen) atoms. The third-order valence-electron chi connectivity index (χ3n) is 8.79. The van der Waals surface area contributed by atoms with Crippen LogP contribution >= 0.6 is 0 Å². The lowest BCUT2D eigenvalue weighted by molar-refractivity contribution is 0.623. The van der Waals surface area contributed by atoms with Crippen molar-refractivity contribution in [2.45, 2.75) is 19.3 Å². The highest BCUT2D eigenvalue weighted by atomic mass is 15.2. The van der Waals surface area contributed by atoms with E-state index in [1.54, 1.807) is 0 Å². The summed E-state index contributed by atoms with van der Waals surface area (Å²) in [5, 5.41) is 1.30. The van der Waals surface area contributed by atoms with Gasteiger partial charge in [0.25, 0.3) is 0 Å². The van der Waals surface area contributed by atoms with Gasteiger partial charge in [-0.05, 0) is 59.7 Å². The average molecular weight is 515 g/mol. The van der Waals surface area contributed by atoms with Gasteiger partial charge in [-0.3, -0.25) is 8.97 Å². The fourth-order valence-corrected chi connectivity index (χ4v) is 7.12. The molecule has 0 radical (unpaired) electrons. The minimum absolute atomic E-state index is 0.130. The second kappa shape index (κ2) is 7.51. The lowest BCUT2D eigenvalue weighted by Crippen LogP contribution is -2.19. The van der Waals surface area contributed by atoms with E-state index in [1.807, 2.05) is 0 Å². The van der Waals surface area contributed by atoms with E-state index < -0.39 is 0 Å². The Morgan fingerprint density at radius 1 is 0.575 bits per heavy atom. The number of hydrogen-bond acceptors (Lipinski definition) is 1. The van der Waals surface area contributed by atoms with Crippen LogP contribution in [0.15, 0.2) is 121 Å². The Balaban J connectivity index is 1.36. The highest BCUT2D eigenvalue weighted by Crippen LogP contribution is 2.53. The molecule has 0 saturated heterocycles. The molecule has 0 fully saturated rings. The first-order valence-electron chi connectivity index (χ1n) is 13.8. The third-order valence-corrected chi connectivity index (χ3v) is 8.79. The van der Waals surface area contributed by atoms with Gasteiger partial charge >= 0.3 is 0 Å². The maximum absolute atomic E-state index is 5.10. The van der Waals surface area contributed by atoms with Crippen molar-refractivity contribution < 1.29 is 0 Å². The SMILES string of the molecule is CC1(C)c2ccccc2-c2c1n(-c1cccc(-n3c4ccccc4n4c5ccccc5nc34)c1)c1ccccc21. The van der Waals surface area contributed by atoms with Crippen molar-refractivity contribution in [2.24, 2.45) is 0 Å². The van der Waals surface area contributed by atoms with Crippen molar-refractivity contribution in [1.29, 1.82) is 0 Å². The number of fused-ring (bicyclic) bond motifs is 10. The van der Waals surface area contributed by atoms with Gasteiger partial charge in [0.1, 0.15) is 0 Å². The molecule has 5 aromatic carbocycles. The molecule has 0 aliphatic heterocycles. The maximum atomic E-state index is 5.10. The molecular weight excluding hydrogens is 488 g/mol. The lowest BCUT2D eigenvalue weighted by atomic mass is 9.85. The van der Waals surface area contributed by atoms with Crippen LogP contribution in [0.4, 0.5) is 0 Å².